The molecule has 0 bridgehead atoms. The molecule has 6 heteroatoms. The zero-order valence-corrected chi connectivity index (χ0v) is 12.0. The van der Waals surface area contributed by atoms with Gasteiger partial charge in [0.05, 0.1) is 16.1 Å². The molecule has 19 heavy (non-hydrogen) atoms. The molecule has 0 saturated heterocycles. The second kappa shape index (κ2) is 5.07. The number of nitrogens with one attached hydrogen (secondary N) is 1. The zero-order chi connectivity index (χ0) is 13.2. The van der Waals surface area contributed by atoms with E-state index in [9.17, 15) is 4.79 Å². The number of carbonyl (C=O) groups is 1. The second-order valence-electron chi connectivity index (χ2n) is 3.81. The fraction of sp³-hybridized carbons (Fsp3) is 0. The lowest BCUT2D eigenvalue weighted by Crippen LogP contribution is -2.10. The van der Waals surface area contributed by atoms with E-state index in [0.717, 1.165) is 9.99 Å². The maximum Gasteiger partial charge on any atom is 0.265 e. The van der Waals surface area contributed by atoms with Crippen LogP contribution < -0.4 is 5.32 Å². The van der Waals surface area contributed by atoms with Gasteiger partial charge in [0.1, 0.15) is 5.52 Å². The standard InChI is InChI=1S/C13H8BrN3OS/c14-8-6-11(19-7-8)13(18)17-10-3-1-2-9-12(10)16-5-4-15-9/h1-7H,(H,17,18). The SMILES string of the molecule is O=C(Nc1cccc2nccnc12)c1cc(Br)cs1. The van der Waals surface area contributed by atoms with E-state index in [-0.39, 0.29) is 5.91 Å². The Morgan fingerprint density at radius 1 is 1.26 bits per heavy atom. The Bertz CT molecular complexity index is 751. The van der Waals surface area contributed by atoms with Crippen LogP contribution in [0.1, 0.15) is 9.67 Å². The number of anilines is 1. The smallest absolute Gasteiger partial charge is 0.265 e. The van der Waals surface area contributed by atoms with Gasteiger partial charge < -0.3 is 5.32 Å². The van der Waals surface area contributed by atoms with Crippen molar-refractivity contribution in [1.82, 2.24) is 9.97 Å². The minimum absolute atomic E-state index is 0.145. The minimum atomic E-state index is -0.145. The molecule has 1 N–H and O–H groups in total. The van der Waals surface area contributed by atoms with Crippen LogP contribution in [0.2, 0.25) is 0 Å². The van der Waals surface area contributed by atoms with Gasteiger partial charge in [0.15, 0.2) is 0 Å². The number of halogens is 1. The van der Waals surface area contributed by atoms with Crippen LogP contribution in [-0.2, 0) is 0 Å². The van der Waals surface area contributed by atoms with Gasteiger partial charge >= 0.3 is 0 Å². The molecule has 0 atom stereocenters. The summed E-state index contributed by atoms with van der Waals surface area (Å²) in [7, 11) is 0. The van der Waals surface area contributed by atoms with Crippen LogP contribution >= 0.6 is 27.3 Å². The lowest BCUT2D eigenvalue weighted by molar-refractivity contribution is 0.103. The number of amides is 1. The third-order valence-electron chi connectivity index (χ3n) is 2.54. The van der Waals surface area contributed by atoms with Crippen LogP contribution in [-0.4, -0.2) is 15.9 Å². The van der Waals surface area contributed by atoms with Crippen LogP contribution in [0.15, 0.2) is 46.5 Å². The van der Waals surface area contributed by atoms with Gasteiger partial charge in [-0.15, -0.1) is 11.3 Å². The molecule has 3 rings (SSSR count). The summed E-state index contributed by atoms with van der Waals surface area (Å²) < 4.78 is 0.903. The van der Waals surface area contributed by atoms with Crippen molar-refractivity contribution in [3.05, 3.63) is 51.4 Å². The third-order valence-corrected chi connectivity index (χ3v) is 4.23. The molecule has 0 aliphatic rings. The summed E-state index contributed by atoms with van der Waals surface area (Å²) in [6, 6.07) is 7.31. The van der Waals surface area contributed by atoms with Gasteiger partial charge in [-0.2, -0.15) is 0 Å². The number of nitrogens with zero attached hydrogens (tertiary/aromatic N) is 2. The normalized spacial score (nSPS) is 10.6. The average molecular weight is 334 g/mol. The van der Waals surface area contributed by atoms with Crippen LogP contribution in [0.25, 0.3) is 11.0 Å². The first kappa shape index (κ1) is 12.3. The summed E-state index contributed by atoms with van der Waals surface area (Å²) in [4.78, 5) is 21.2. The Hall–Kier alpha value is -1.79. The average Bonchev–Trinajstić information content (AvgIpc) is 2.86. The summed E-state index contributed by atoms with van der Waals surface area (Å²) in [6.07, 6.45) is 3.24. The topological polar surface area (TPSA) is 54.9 Å². The number of rotatable bonds is 2. The highest BCUT2D eigenvalue weighted by Crippen LogP contribution is 2.23. The maximum absolute atomic E-state index is 12.1. The molecule has 0 aliphatic heterocycles. The number of benzene rings is 1. The van der Waals surface area contributed by atoms with Gasteiger partial charge in [-0.05, 0) is 34.1 Å². The fourth-order valence-corrected chi connectivity index (χ4v) is 3.03. The highest BCUT2D eigenvalue weighted by molar-refractivity contribution is 9.10. The van der Waals surface area contributed by atoms with E-state index in [0.29, 0.717) is 16.1 Å². The Morgan fingerprint density at radius 2 is 2.11 bits per heavy atom. The summed E-state index contributed by atoms with van der Waals surface area (Å²) in [5, 5.41) is 4.74. The van der Waals surface area contributed by atoms with Crippen LogP contribution in [0, 0.1) is 0 Å². The fourth-order valence-electron chi connectivity index (χ4n) is 1.71. The quantitative estimate of drug-likeness (QED) is 0.777. The van der Waals surface area contributed by atoms with Crippen molar-refractivity contribution in [1.29, 1.82) is 0 Å². The van der Waals surface area contributed by atoms with Crippen molar-refractivity contribution in [2.45, 2.75) is 0 Å². The second-order valence-corrected chi connectivity index (χ2v) is 5.64. The molecule has 0 saturated carbocycles. The summed E-state index contributed by atoms with van der Waals surface area (Å²) in [5.41, 5.74) is 2.11. The molecule has 0 fully saturated rings. The van der Waals surface area contributed by atoms with Crippen molar-refractivity contribution in [2.24, 2.45) is 0 Å². The molecule has 2 heterocycles. The number of carbonyl (C=O) groups excluding carboxylic acids is 1. The van der Waals surface area contributed by atoms with Gasteiger partial charge in [0.2, 0.25) is 0 Å². The molecular weight excluding hydrogens is 326 g/mol. The zero-order valence-electron chi connectivity index (χ0n) is 9.63. The molecule has 0 unspecified atom stereocenters. The Kier molecular flexibility index (Phi) is 3.27. The molecule has 3 aromatic rings. The van der Waals surface area contributed by atoms with E-state index in [2.05, 4.69) is 31.2 Å². The predicted octanol–water partition coefficient (Wildman–Crippen LogP) is 3.71. The van der Waals surface area contributed by atoms with Crippen molar-refractivity contribution in [3.63, 3.8) is 0 Å². The number of para-hydroxylation sites is 1. The van der Waals surface area contributed by atoms with Crippen LogP contribution in [0.3, 0.4) is 0 Å². The lowest BCUT2D eigenvalue weighted by Gasteiger charge is -2.06. The molecule has 0 radical (unpaired) electrons. The first-order chi connectivity index (χ1) is 9.24. The van der Waals surface area contributed by atoms with E-state index >= 15 is 0 Å². The van der Waals surface area contributed by atoms with E-state index in [1.165, 1.54) is 11.3 Å². The lowest BCUT2D eigenvalue weighted by atomic mass is 10.2. The van der Waals surface area contributed by atoms with Crippen molar-refractivity contribution < 1.29 is 4.79 Å². The minimum Gasteiger partial charge on any atom is -0.319 e. The molecule has 0 spiro atoms. The summed E-state index contributed by atoms with van der Waals surface area (Å²) >= 11 is 4.72. The highest BCUT2D eigenvalue weighted by atomic mass is 79.9. The molecule has 1 aromatic carbocycles. The monoisotopic (exact) mass is 333 g/mol. The molecule has 2 aromatic heterocycles. The molecule has 0 aliphatic carbocycles. The number of aromatic nitrogens is 2. The van der Waals surface area contributed by atoms with Crippen molar-refractivity contribution in [2.75, 3.05) is 5.32 Å². The van der Waals surface area contributed by atoms with Gasteiger partial charge in [-0.1, -0.05) is 6.07 Å². The predicted molar refractivity (Wildman–Crippen MR) is 79.5 cm³/mol. The first-order valence-corrected chi connectivity index (χ1v) is 7.16. The maximum atomic E-state index is 12.1. The Balaban J connectivity index is 1.95. The molecular formula is C13H8BrN3OS. The third kappa shape index (κ3) is 2.50. The number of thiophene rings is 1. The van der Waals surface area contributed by atoms with Crippen LogP contribution in [0.5, 0.6) is 0 Å². The van der Waals surface area contributed by atoms with Crippen molar-refractivity contribution >= 4 is 49.9 Å². The van der Waals surface area contributed by atoms with E-state index < -0.39 is 0 Å². The summed E-state index contributed by atoms with van der Waals surface area (Å²) in [6.45, 7) is 0. The van der Waals surface area contributed by atoms with Gasteiger partial charge in [0.25, 0.3) is 5.91 Å². The van der Waals surface area contributed by atoms with Gasteiger partial charge in [-0.25, -0.2) is 0 Å². The number of hydrogen-bond acceptors (Lipinski definition) is 4. The highest BCUT2D eigenvalue weighted by Gasteiger charge is 2.11. The molecule has 94 valence electrons. The first-order valence-electron chi connectivity index (χ1n) is 5.49. The van der Waals surface area contributed by atoms with Crippen molar-refractivity contribution in [3.8, 4) is 0 Å². The Morgan fingerprint density at radius 3 is 2.89 bits per heavy atom. The number of fused-ring (bicyclic) bond motifs is 1. The van der Waals surface area contributed by atoms with E-state index in [1.54, 1.807) is 18.5 Å². The molecule has 4 nitrogen and oxygen atoms in total. The van der Waals surface area contributed by atoms with Crippen LogP contribution in [0.4, 0.5) is 5.69 Å². The van der Waals surface area contributed by atoms with E-state index in [1.807, 2.05) is 23.6 Å². The summed E-state index contributed by atoms with van der Waals surface area (Å²) in [5.74, 6) is -0.145. The largest absolute Gasteiger partial charge is 0.319 e. The Labute approximate surface area is 121 Å². The van der Waals surface area contributed by atoms with Gasteiger partial charge in [0, 0.05) is 22.2 Å². The molecule has 1 amide bonds. The van der Waals surface area contributed by atoms with E-state index in [4.69, 9.17) is 0 Å². The number of hydrogen-bond donors (Lipinski definition) is 1. The van der Waals surface area contributed by atoms with Gasteiger partial charge in [-0.3, -0.25) is 14.8 Å².